The maximum Gasteiger partial charge on any atom is 0.231 e. The Kier molecular flexibility index (Phi) is 4.56. The minimum atomic E-state index is -0.400. The number of rotatable bonds is 3. The molecule has 0 radical (unpaired) electrons. The predicted octanol–water partition coefficient (Wildman–Crippen LogP) is 4.50. The van der Waals surface area contributed by atoms with E-state index in [2.05, 4.69) is 9.88 Å². The standard InChI is InChI=1S/C24H19FN2O3/c1-15-23-18(13-27(14-29-23)12-16-5-4-8-26-11-16)9-19-22(28)21(30-24(15)19)10-17-6-2-3-7-20(17)25/h2-11H,12-14H2,1H3/b21-10-. The van der Waals surface area contributed by atoms with Crippen LogP contribution in [0.25, 0.3) is 6.08 Å². The Hall–Kier alpha value is -3.51. The van der Waals surface area contributed by atoms with Gasteiger partial charge < -0.3 is 9.47 Å². The first-order chi connectivity index (χ1) is 14.6. The van der Waals surface area contributed by atoms with Crippen molar-refractivity contribution in [3.05, 3.63) is 94.3 Å². The SMILES string of the molecule is Cc1c2c(cc3c1O/C(=C\c1ccccc1F)C3=O)CN(Cc1cccnc1)CO2. The van der Waals surface area contributed by atoms with E-state index in [9.17, 15) is 9.18 Å². The van der Waals surface area contributed by atoms with E-state index in [-0.39, 0.29) is 11.5 Å². The first-order valence-electron chi connectivity index (χ1n) is 9.69. The summed E-state index contributed by atoms with van der Waals surface area (Å²) in [6.07, 6.45) is 5.03. The summed E-state index contributed by atoms with van der Waals surface area (Å²) < 4.78 is 25.9. The lowest BCUT2D eigenvalue weighted by atomic mass is 10.00. The van der Waals surface area contributed by atoms with Gasteiger partial charge in [-0.2, -0.15) is 0 Å². The van der Waals surface area contributed by atoms with E-state index in [1.165, 1.54) is 12.1 Å². The lowest BCUT2D eigenvalue weighted by Crippen LogP contribution is -2.32. The Morgan fingerprint density at radius 1 is 1.20 bits per heavy atom. The Morgan fingerprint density at radius 2 is 2.07 bits per heavy atom. The highest BCUT2D eigenvalue weighted by molar-refractivity contribution is 6.15. The molecule has 0 saturated carbocycles. The molecule has 0 atom stereocenters. The summed E-state index contributed by atoms with van der Waals surface area (Å²) in [5, 5.41) is 0. The van der Waals surface area contributed by atoms with Crippen LogP contribution in [0.1, 0.15) is 32.6 Å². The smallest absolute Gasteiger partial charge is 0.231 e. The largest absolute Gasteiger partial charge is 0.477 e. The van der Waals surface area contributed by atoms with Crippen molar-refractivity contribution < 1.29 is 18.7 Å². The van der Waals surface area contributed by atoms with Crippen molar-refractivity contribution in [2.24, 2.45) is 0 Å². The van der Waals surface area contributed by atoms with Crippen molar-refractivity contribution in [2.45, 2.75) is 20.0 Å². The molecule has 3 aromatic rings. The topological polar surface area (TPSA) is 51.7 Å². The third-order valence-electron chi connectivity index (χ3n) is 5.32. The molecule has 2 aliphatic heterocycles. The monoisotopic (exact) mass is 402 g/mol. The van der Waals surface area contributed by atoms with Crippen molar-refractivity contribution in [3.8, 4) is 11.5 Å². The van der Waals surface area contributed by atoms with Crippen LogP contribution in [0.4, 0.5) is 4.39 Å². The Labute approximate surface area is 173 Å². The maximum absolute atomic E-state index is 14.0. The van der Waals surface area contributed by atoms with E-state index in [1.807, 2.05) is 31.3 Å². The molecule has 0 amide bonds. The molecule has 30 heavy (non-hydrogen) atoms. The van der Waals surface area contributed by atoms with E-state index in [4.69, 9.17) is 9.47 Å². The third-order valence-corrected chi connectivity index (χ3v) is 5.32. The molecule has 0 bridgehead atoms. The van der Waals surface area contributed by atoms with E-state index in [0.29, 0.717) is 36.7 Å². The zero-order chi connectivity index (χ0) is 20.7. The summed E-state index contributed by atoms with van der Waals surface area (Å²) >= 11 is 0. The van der Waals surface area contributed by atoms with Crippen LogP contribution in [0, 0.1) is 12.7 Å². The van der Waals surface area contributed by atoms with Crippen LogP contribution in [0.5, 0.6) is 11.5 Å². The number of allylic oxidation sites excluding steroid dienone is 1. The molecular formula is C24H19FN2O3. The Balaban J connectivity index is 1.44. The van der Waals surface area contributed by atoms with Crippen molar-refractivity contribution in [1.29, 1.82) is 0 Å². The molecule has 0 unspecified atom stereocenters. The molecule has 0 N–H and O–H groups in total. The van der Waals surface area contributed by atoms with Crippen LogP contribution >= 0.6 is 0 Å². The van der Waals surface area contributed by atoms with Crippen molar-refractivity contribution in [3.63, 3.8) is 0 Å². The predicted molar refractivity (Wildman–Crippen MR) is 109 cm³/mol. The van der Waals surface area contributed by atoms with Gasteiger partial charge in [0.25, 0.3) is 0 Å². The molecule has 6 heteroatoms. The number of halogens is 1. The highest BCUT2D eigenvalue weighted by Gasteiger charge is 2.33. The van der Waals surface area contributed by atoms with Gasteiger partial charge in [0.1, 0.15) is 24.0 Å². The first-order valence-corrected chi connectivity index (χ1v) is 9.69. The number of carbonyl (C=O) groups is 1. The van der Waals surface area contributed by atoms with Crippen LogP contribution < -0.4 is 9.47 Å². The van der Waals surface area contributed by atoms with Gasteiger partial charge in [-0.25, -0.2) is 4.39 Å². The Morgan fingerprint density at radius 3 is 2.87 bits per heavy atom. The van der Waals surface area contributed by atoms with Crippen LogP contribution in [-0.4, -0.2) is 22.4 Å². The number of hydrogen-bond donors (Lipinski definition) is 0. The van der Waals surface area contributed by atoms with E-state index in [1.54, 1.807) is 24.4 Å². The van der Waals surface area contributed by atoms with Crippen LogP contribution in [0.2, 0.25) is 0 Å². The number of benzene rings is 2. The van der Waals surface area contributed by atoms with Crippen molar-refractivity contribution in [2.75, 3.05) is 6.73 Å². The lowest BCUT2D eigenvalue weighted by molar-refractivity contribution is 0.0876. The summed E-state index contributed by atoms with van der Waals surface area (Å²) in [6, 6.07) is 12.1. The lowest BCUT2D eigenvalue weighted by Gasteiger charge is -2.30. The van der Waals surface area contributed by atoms with Crippen LogP contribution in [0.15, 0.2) is 60.6 Å². The molecule has 0 saturated heterocycles. The molecule has 5 rings (SSSR count). The van der Waals surface area contributed by atoms with Gasteiger partial charge in [0.05, 0.1) is 5.56 Å². The fraction of sp³-hybridized carbons (Fsp3) is 0.167. The van der Waals surface area contributed by atoms with Gasteiger partial charge in [-0.05, 0) is 36.8 Å². The average Bonchev–Trinajstić information content (AvgIpc) is 3.06. The highest BCUT2D eigenvalue weighted by Crippen LogP contribution is 2.43. The molecular weight excluding hydrogens is 383 g/mol. The number of hydrogen-bond acceptors (Lipinski definition) is 5. The fourth-order valence-electron chi connectivity index (χ4n) is 3.88. The number of fused-ring (bicyclic) bond motifs is 2. The number of nitrogens with zero attached hydrogens (tertiary/aromatic N) is 2. The first kappa shape index (κ1) is 18.5. The van der Waals surface area contributed by atoms with Crippen molar-refractivity contribution in [1.82, 2.24) is 9.88 Å². The molecule has 0 aliphatic carbocycles. The van der Waals surface area contributed by atoms with Gasteiger partial charge >= 0.3 is 0 Å². The minimum absolute atomic E-state index is 0.118. The van der Waals surface area contributed by atoms with Gasteiger partial charge in [0, 0.05) is 42.2 Å². The number of aromatic nitrogens is 1. The molecule has 2 aliphatic rings. The van der Waals surface area contributed by atoms with Gasteiger partial charge in [-0.3, -0.25) is 14.7 Å². The van der Waals surface area contributed by atoms with E-state index < -0.39 is 5.82 Å². The number of ketones is 1. The summed E-state index contributed by atoms with van der Waals surface area (Å²) in [4.78, 5) is 19.2. The number of Topliss-reactive ketones (excluding diaryl/α,β-unsaturated/α-hetero) is 1. The second-order valence-corrected chi connectivity index (χ2v) is 7.45. The average molecular weight is 402 g/mol. The molecule has 0 spiro atoms. The van der Waals surface area contributed by atoms with Gasteiger partial charge in [-0.1, -0.05) is 24.3 Å². The van der Waals surface area contributed by atoms with Crippen LogP contribution in [0.3, 0.4) is 0 Å². The molecule has 150 valence electrons. The van der Waals surface area contributed by atoms with Gasteiger partial charge in [-0.15, -0.1) is 0 Å². The van der Waals surface area contributed by atoms with Crippen LogP contribution in [-0.2, 0) is 13.1 Å². The number of ether oxygens (including phenoxy) is 2. The minimum Gasteiger partial charge on any atom is -0.477 e. The maximum atomic E-state index is 14.0. The summed E-state index contributed by atoms with van der Waals surface area (Å²) in [5.41, 5.74) is 3.62. The second-order valence-electron chi connectivity index (χ2n) is 7.45. The third kappa shape index (κ3) is 3.25. The quantitative estimate of drug-likeness (QED) is 0.604. The Bertz CT molecular complexity index is 1170. The van der Waals surface area contributed by atoms with E-state index >= 15 is 0 Å². The number of carbonyl (C=O) groups excluding carboxylic acids is 1. The molecule has 0 fully saturated rings. The summed E-state index contributed by atoms with van der Waals surface area (Å²) in [7, 11) is 0. The fourth-order valence-corrected chi connectivity index (χ4v) is 3.88. The highest BCUT2D eigenvalue weighted by atomic mass is 19.1. The van der Waals surface area contributed by atoms with Gasteiger partial charge in [0.2, 0.25) is 5.78 Å². The van der Waals surface area contributed by atoms with Crippen molar-refractivity contribution >= 4 is 11.9 Å². The zero-order valence-corrected chi connectivity index (χ0v) is 16.4. The normalized spacial score (nSPS) is 16.7. The van der Waals surface area contributed by atoms with E-state index in [0.717, 1.165) is 22.4 Å². The summed E-state index contributed by atoms with van der Waals surface area (Å²) in [6.45, 7) is 3.67. The zero-order valence-electron chi connectivity index (χ0n) is 16.4. The van der Waals surface area contributed by atoms with Gasteiger partial charge in [0.15, 0.2) is 5.76 Å². The molecule has 2 aromatic carbocycles. The molecule has 3 heterocycles. The number of pyridine rings is 1. The second kappa shape index (κ2) is 7.39. The molecule has 5 nitrogen and oxygen atoms in total. The molecule has 1 aromatic heterocycles. The summed E-state index contributed by atoms with van der Waals surface area (Å²) in [5.74, 6) is 0.706.